The predicted octanol–water partition coefficient (Wildman–Crippen LogP) is 3.24. The van der Waals surface area contributed by atoms with Crippen LogP contribution in [0.15, 0.2) is 0 Å². The van der Waals surface area contributed by atoms with Gasteiger partial charge >= 0.3 is 0 Å². The highest BCUT2D eigenvalue weighted by Crippen LogP contribution is 2.52. The lowest BCUT2D eigenvalue weighted by atomic mass is 9.87. The average molecular weight is 182 g/mol. The zero-order valence-corrected chi connectivity index (χ0v) is 9.01. The van der Waals surface area contributed by atoms with E-state index in [0.717, 1.165) is 25.0 Å². The molecule has 0 aromatic carbocycles. The Kier molecular flexibility index (Phi) is 2.64. The molecule has 0 bridgehead atoms. The van der Waals surface area contributed by atoms with Crippen LogP contribution in [0, 0.1) is 17.3 Å². The molecule has 0 aromatic rings. The van der Waals surface area contributed by atoms with Crippen LogP contribution in [0.3, 0.4) is 0 Å². The van der Waals surface area contributed by atoms with Crippen LogP contribution in [0.25, 0.3) is 0 Å². The Balaban J connectivity index is 1.88. The molecule has 0 spiro atoms. The van der Waals surface area contributed by atoms with Crippen molar-refractivity contribution in [3.63, 3.8) is 0 Å². The second kappa shape index (κ2) is 3.61. The topological polar surface area (TPSA) is 9.23 Å². The van der Waals surface area contributed by atoms with Gasteiger partial charge in [0.2, 0.25) is 0 Å². The Morgan fingerprint density at radius 1 is 1.23 bits per heavy atom. The fourth-order valence-electron chi connectivity index (χ4n) is 3.47. The summed E-state index contributed by atoms with van der Waals surface area (Å²) in [5, 5.41) is 0. The summed E-state index contributed by atoms with van der Waals surface area (Å²) in [6.07, 6.45) is 7.33. The van der Waals surface area contributed by atoms with Crippen LogP contribution < -0.4 is 0 Å². The molecule has 0 N–H and O–H groups in total. The van der Waals surface area contributed by atoms with Gasteiger partial charge in [-0.25, -0.2) is 0 Å². The third-order valence-corrected chi connectivity index (χ3v) is 3.98. The van der Waals surface area contributed by atoms with E-state index >= 15 is 0 Å². The molecule has 1 heteroatoms. The van der Waals surface area contributed by atoms with Gasteiger partial charge in [0.1, 0.15) is 0 Å². The molecule has 0 radical (unpaired) electrons. The molecule has 2 aliphatic rings. The van der Waals surface area contributed by atoms with Crippen LogP contribution in [0.2, 0.25) is 0 Å². The Morgan fingerprint density at radius 2 is 1.85 bits per heavy atom. The molecular weight excluding hydrogens is 160 g/mol. The van der Waals surface area contributed by atoms with Crippen LogP contribution in [0.1, 0.15) is 46.0 Å². The Labute approximate surface area is 81.9 Å². The largest absolute Gasteiger partial charge is 0.381 e. The first-order valence-corrected chi connectivity index (χ1v) is 5.81. The van der Waals surface area contributed by atoms with Crippen molar-refractivity contribution in [1.29, 1.82) is 0 Å². The molecule has 1 nitrogen and oxygen atoms in total. The molecule has 2 rings (SSSR count). The summed E-state index contributed by atoms with van der Waals surface area (Å²) in [6, 6.07) is 0. The Morgan fingerprint density at radius 3 is 2.38 bits per heavy atom. The fraction of sp³-hybridized carbons (Fsp3) is 1.00. The summed E-state index contributed by atoms with van der Waals surface area (Å²) in [6.45, 7) is 6.39. The summed E-state index contributed by atoms with van der Waals surface area (Å²) in [5.74, 6) is 2.09. The van der Waals surface area contributed by atoms with E-state index < -0.39 is 0 Å². The number of hydrogen-bond acceptors (Lipinski definition) is 1. The fourth-order valence-corrected chi connectivity index (χ4v) is 3.47. The van der Waals surface area contributed by atoms with Gasteiger partial charge in [-0.05, 0) is 37.0 Å². The average Bonchev–Trinajstić information content (AvgIpc) is 2.59. The van der Waals surface area contributed by atoms with Crippen molar-refractivity contribution in [3.05, 3.63) is 0 Å². The summed E-state index contributed by atoms with van der Waals surface area (Å²) in [4.78, 5) is 0. The van der Waals surface area contributed by atoms with Crippen LogP contribution >= 0.6 is 0 Å². The highest BCUT2D eigenvalue weighted by molar-refractivity contribution is 4.94. The first-order valence-electron chi connectivity index (χ1n) is 5.81. The zero-order valence-electron chi connectivity index (χ0n) is 9.01. The van der Waals surface area contributed by atoms with Crippen molar-refractivity contribution in [2.45, 2.75) is 46.0 Å². The van der Waals surface area contributed by atoms with Crippen molar-refractivity contribution < 1.29 is 4.74 Å². The highest BCUT2D eigenvalue weighted by atomic mass is 16.5. The van der Waals surface area contributed by atoms with Gasteiger partial charge in [-0.2, -0.15) is 0 Å². The summed E-state index contributed by atoms with van der Waals surface area (Å²) in [7, 11) is 0. The van der Waals surface area contributed by atoms with E-state index in [0.29, 0.717) is 5.41 Å². The number of fused-ring (bicyclic) bond motifs is 1. The molecule has 0 aliphatic heterocycles. The molecule has 2 fully saturated rings. The van der Waals surface area contributed by atoms with Gasteiger partial charge in [0.15, 0.2) is 0 Å². The van der Waals surface area contributed by atoms with Crippen LogP contribution in [0.4, 0.5) is 0 Å². The quantitative estimate of drug-likeness (QED) is 0.651. The maximum Gasteiger partial charge on any atom is 0.0519 e. The van der Waals surface area contributed by atoms with Crippen molar-refractivity contribution in [2.24, 2.45) is 17.3 Å². The number of ether oxygens (including phenoxy) is 1. The first-order chi connectivity index (χ1) is 6.23. The molecule has 2 saturated carbocycles. The minimum Gasteiger partial charge on any atom is -0.381 e. The van der Waals surface area contributed by atoms with Crippen LogP contribution in [-0.4, -0.2) is 13.2 Å². The second-order valence-corrected chi connectivity index (χ2v) is 5.31. The molecule has 0 aromatic heterocycles. The monoisotopic (exact) mass is 182 g/mol. The third-order valence-electron chi connectivity index (χ3n) is 3.98. The standard InChI is InChI=1S/C12H22O/c1-3-13-9-12(2)7-10-5-4-6-11(10)8-12/h10-11H,3-9H2,1-2H3. The van der Waals surface area contributed by atoms with E-state index in [1.807, 2.05) is 0 Å². The van der Waals surface area contributed by atoms with Gasteiger partial charge in [0.05, 0.1) is 6.61 Å². The lowest BCUT2D eigenvalue weighted by Crippen LogP contribution is -2.20. The molecule has 2 unspecified atom stereocenters. The maximum absolute atomic E-state index is 5.59. The van der Waals surface area contributed by atoms with Crippen molar-refractivity contribution in [3.8, 4) is 0 Å². The summed E-state index contributed by atoms with van der Waals surface area (Å²) < 4.78 is 5.59. The SMILES string of the molecule is CCOCC1(C)CC2CCCC2C1. The minimum absolute atomic E-state index is 0.520. The van der Waals surface area contributed by atoms with Crippen molar-refractivity contribution in [2.75, 3.05) is 13.2 Å². The van der Waals surface area contributed by atoms with Gasteiger partial charge in [0, 0.05) is 6.61 Å². The Bertz CT molecular complexity index is 164. The highest BCUT2D eigenvalue weighted by Gasteiger charge is 2.43. The van der Waals surface area contributed by atoms with Gasteiger partial charge in [0.25, 0.3) is 0 Å². The van der Waals surface area contributed by atoms with E-state index in [9.17, 15) is 0 Å². The summed E-state index contributed by atoms with van der Waals surface area (Å²) >= 11 is 0. The summed E-state index contributed by atoms with van der Waals surface area (Å²) in [5.41, 5.74) is 0.520. The molecule has 2 aliphatic carbocycles. The second-order valence-electron chi connectivity index (χ2n) is 5.31. The maximum atomic E-state index is 5.59. The van der Waals surface area contributed by atoms with Gasteiger partial charge < -0.3 is 4.74 Å². The zero-order chi connectivity index (χ0) is 9.31. The number of hydrogen-bond donors (Lipinski definition) is 0. The van der Waals surface area contributed by atoms with E-state index in [1.165, 1.54) is 32.1 Å². The normalized spacial score (nSPS) is 43.8. The molecule has 0 amide bonds. The first kappa shape index (κ1) is 9.51. The van der Waals surface area contributed by atoms with E-state index in [1.54, 1.807) is 0 Å². The number of rotatable bonds is 3. The van der Waals surface area contributed by atoms with Gasteiger partial charge in [-0.1, -0.05) is 26.2 Å². The van der Waals surface area contributed by atoms with Gasteiger partial charge in [-0.3, -0.25) is 0 Å². The predicted molar refractivity (Wildman–Crippen MR) is 54.7 cm³/mol. The Hall–Kier alpha value is -0.0400. The smallest absolute Gasteiger partial charge is 0.0519 e. The third kappa shape index (κ3) is 1.90. The van der Waals surface area contributed by atoms with Gasteiger partial charge in [-0.15, -0.1) is 0 Å². The lowest BCUT2D eigenvalue weighted by Gasteiger charge is -2.24. The van der Waals surface area contributed by atoms with Crippen molar-refractivity contribution in [1.82, 2.24) is 0 Å². The van der Waals surface area contributed by atoms with E-state index in [4.69, 9.17) is 4.74 Å². The van der Waals surface area contributed by atoms with Crippen LogP contribution in [-0.2, 0) is 4.74 Å². The van der Waals surface area contributed by atoms with Crippen molar-refractivity contribution >= 4 is 0 Å². The molecule has 0 heterocycles. The van der Waals surface area contributed by atoms with E-state index in [-0.39, 0.29) is 0 Å². The molecular formula is C12H22O. The minimum atomic E-state index is 0.520. The molecule has 2 atom stereocenters. The molecule has 13 heavy (non-hydrogen) atoms. The lowest BCUT2D eigenvalue weighted by molar-refractivity contribution is 0.0596. The molecule has 76 valence electrons. The molecule has 0 saturated heterocycles. The van der Waals surface area contributed by atoms with E-state index in [2.05, 4.69) is 13.8 Å². The van der Waals surface area contributed by atoms with Crippen LogP contribution in [0.5, 0.6) is 0 Å².